The van der Waals surface area contributed by atoms with Crippen molar-refractivity contribution in [1.29, 1.82) is 0 Å². The molecule has 3 nitrogen and oxygen atoms in total. The van der Waals surface area contributed by atoms with Crippen molar-refractivity contribution in [1.82, 2.24) is 0 Å². The second-order valence-electron chi connectivity index (χ2n) is 2.87. The number of hydrogen-bond donors (Lipinski definition) is 1. The molecule has 0 atom stereocenters. The standard InChI is InChI=1S/C9H10N2O/c1-6-2-3-8-7(4-6)5-12-9(10)11-8/h2-4H,5H2,1H3,(H2,10,11). The number of hydrogen-bond acceptors (Lipinski definition) is 3. The van der Waals surface area contributed by atoms with Crippen LogP contribution in [0.3, 0.4) is 0 Å². The Balaban J connectivity index is 2.51. The van der Waals surface area contributed by atoms with E-state index in [1.165, 1.54) is 5.56 Å². The molecule has 0 aliphatic carbocycles. The summed E-state index contributed by atoms with van der Waals surface area (Å²) in [7, 11) is 0. The van der Waals surface area contributed by atoms with E-state index in [1.54, 1.807) is 0 Å². The summed E-state index contributed by atoms with van der Waals surface area (Å²) in [6, 6.07) is 6.29. The van der Waals surface area contributed by atoms with Gasteiger partial charge in [-0.2, -0.15) is 4.99 Å². The van der Waals surface area contributed by atoms with Crippen molar-refractivity contribution in [3.8, 4) is 0 Å². The second-order valence-corrected chi connectivity index (χ2v) is 2.87. The number of nitrogens with zero attached hydrogens (tertiary/aromatic N) is 1. The van der Waals surface area contributed by atoms with Gasteiger partial charge in [-0.25, -0.2) is 0 Å². The summed E-state index contributed by atoms with van der Waals surface area (Å²) < 4.78 is 5.09. The lowest BCUT2D eigenvalue weighted by molar-refractivity contribution is 0.282. The summed E-state index contributed by atoms with van der Waals surface area (Å²) >= 11 is 0. The first kappa shape index (κ1) is 7.16. The molecule has 2 rings (SSSR count). The maximum absolute atomic E-state index is 5.42. The maximum Gasteiger partial charge on any atom is 0.287 e. The molecule has 12 heavy (non-hydrogen) atoms. The van der Waals surface area contributed by atoms with Crippen LogP contribution in [0.15, 0.2) is 23.2 Å². The first-order valence-corrected chi connectivity index (χ1v) is 3.82. The van der Waals surface area contributed by atoms with Gasteiger partial charge in [0.1, 0.15) is 6.61 Å². The lowest BCUT2D eigenvalue weighted by Gasteiger charge is -2.13. The third-order valence-electron chi connectivity index (χ3n) is 1.84. The molecule has 1 aliphatic heterocycles. The summed E-state index contributed by atoms with van der Waals surface area (Å²) in [5.74, 6) is 0. The predicted molar refractivity (Wildman–Crippen MR) is 47.3 cm³/mol. The van der Waals surface area contributed by atoms with Crippen molar-refractivity contribution >= 4 is 11.7 Å². The minimum absolute atomic E-state index is 0.256. The Labute approximate surface area is 70.9 Å². The van der Waals surface area contributed by atoms with E-state index in [9.17, 15) is 0 Å². The molecular formula is C9H10N2O. The van der Waals surface area contributed by atoms with Crippen LogP contribution in [0.5, 0.6) is 0 Å². The van der Waals surface area contributed by atoms with E-state index in [0.29, 0.717) is 6.61 Å². The van der Waals surface area contributed by atoms with Crippen LogP contribution in [0, 0.1) is 6.92 Å². The van der Waals surface area contributed by atoms with Crippen LogP contribution in [0.1, 0.15) is 11.1 Å². The Morgan fingerprint density at radius 3 is 3.17 bits per heavy atom. The molecule has 1 heterocycles. The highest BCUT2D eigenvalue weighted by atomic mass is 16.5. The molecule has 0 fully saturated rings. The minimum Gasteiger partial charge on any atom is -0.460 e. The fourth-order valence-electron chi connectivity index (χ4n) is 1.24. The second kappa shape index (κ2) is 2.52. The van der Waals surface area contributed by atoms with E-state index < -0.39 is 0 Å². The van der Waals surface area contributed by atoms with E-state index in [2.05, 4.69) is 11.1 Å². The fourth-order valence-corrected chi connectivity index (χ4v) is 1.24. The molecule has 0 amide bonds. The zero-order valence-corrected chi connectivity index (χ0v) is 6.87. The predicted octanol–water partition coefficient (Wildman–Crippen LogP) is 1.47. The number of aliphatic imine (C=N–C) groups is 1. The van der Waals surface area contributed by atoms with Gasteiger partial charge in [0.15, 0.2) is 0 Å². The van der Waals surface area contributed by atoms with Crippen LogP contribution < -0.4 is 5.73 Å². The zero-order chi connectivity index (χ0) is 8.55. The molecule has 2 N–H and O–H groups in total. The van der Waals surface area contributed by atoms with Crippen LogP contribution >= 0.6 is 0 Å². The van der Waals surface area contributed by atoms with Crippen molar-refractivity contribution in [2.24, 2.45) is 10.7 Å². The Morgan fingerprint density at radius 2 is 2.33 bits per heavy atom. The van der Waals surface area contributed by atoms with Crippen molar-refractivity contribution in [2.75, 3.05) is 0 Å². The van der Waals surface area contributed by atoms with Crippen LogP contribution in [0.4, 0.5) is 5.69 Å². The lowest BCUT2D eigenvalue weighted by Crippen LogP contribution is -2.18. The Kier molecular flexibility index (Phi) is 1.50. The summed E-state index contributed by atoms with van der Waals surface area (Å²) in [4.78, 5) is 4.06. The average molecular weight is 162 g/mol. The molecule has 0 aromatic heterocycles. The number of nitrogens with two attached hydrogens (primary N) is 1. The number of aryl methyl sites for hydroxylation is 1. The summed E-state index contributed by atoms with van der Waals surface area (Å²) in [5.41, 5.74) is 8.65. The van der Waals surface area contributed by atoms with Crippen LogP contribution in [0.25, 0.3) is 0 Å². The molecular weight excluding hydrogens is 152 g/mol. The van der Waals surface area contributed by atoms with Gasteiger partial charge < -0.3 is 10.5 Å². The van der Waals surface area contributed by atoms with Crippen LogP contribution in [0.2, 0.25) is 0 Å². The van der Waals surface area contributed by atoms with Crippen molar-refractivity contribution in [2.45, 2.75) is 13.5 Å². The summed E-state index contributed by atoms with van der Waals surface area (Å²) in [6.07, 6.45) is 0. The zero-order valence-electron chi connectivity index (χ0n) is 6.87. The van der Waals surface area contributed by atoms with E-state index in [4.69, 9.17) is 10.5 Å². The molecule has 0 unspecified atom stereocenters. The number of amidine groups is 1. The molecule has 62 valence electrons. The number of fused-ring (bicyclic) bond motifs is 1. The number of benzene rings is 1. The van der Waals surface area contributed by atoms with Gasteiger partial charge in [0, 0.05) is 5.56 Å². The first-order chi connectivity index (χ1) is 5.75. The average Bonchev–Trinajstić information content (AvgIpc) is 2.05. The molecule has 0 saturated heterocycles. The molecule has 3 heteroatoms. The molecule has 0 saturated carbocycles. The normalized spacial score (nSPS) is 14.6. The summed E-state index contributed by atoms with van der Waals surface area (Å²) in [5, 5.41) is 0. The molecule has 0 bridgehead atoms. The molecule has 1 aromatic rings. The fraction of sp³-hybridized carbons (Fsp3) is 0.222. The van der Waals surface area contributed by atoms with Gasteiger partial charge in [0.25, 0.3) is 6.02 Å². The Hall–Kier alpha value is -1.51. The van der Waals surface area contributed by atoms with Crippen LogP contribution in [-0.2, 0) is 11.3 Å². The topological polar surface area (TPSA) is 47.6 Å². The first-order valence-electron chi connectivity index (χ1n) is 3.82. The number of rotatable bonds is 0. The highest BCUT2D eigenvalue weighted by Crippen LogP contribution is 2.24. The summed E-state index contributed by atoms with van der Waals surface area (Å²) in [6.45, 7) is 2.58. The van der Waals surface area contributed by atoms with Crippen molar-refractivity contribution < 1.29 is 4.74 Å². The molecule has 0 radical (unpaired) electrons. The van der Waals surface area contributed by atoms with Crippen molar-refractivity contribution in [3.63, 3.8) is 0 Å². The van der Waals surface area contributed by atoms with E-state index in [1.807, 2.05) is 19.1 Å². The molecule has 0 spiro atoms. The minimum atomic E-state index is 0.256. The number of ether oxygens (including phenoxy) is 1. The molecule has 1 aliphatic rings. The van der Waals surface area contributed by atoms with Crippen LogP contribution in [-0.4, -0.2) is 6.02 Å². The third kappa shape index (κ3) is 1.13. The highest BCUT2D eigenvalue weighted by Gasteiger charge is 2.09. The Bertz CT molecular complexity index is 344. The van der Waals surface area contributed by atoms with Gasteiger partial charge in [0.2, 0.25) is 0 Å². The van der Waals surface area contributed by atoms with E-state index >= 15 is 0 Å². The molecule has 1 aromatic carbocycles. The van der Waals surface area contributed by atoms with Gasteiger partial charge in [-0.1, -0.05) is 17.7 Å². The Morgan fingerprint density at radius 1 is 1.50 bits per heavy atom. The quantitative estimate of drug-likeness (QED) is 0.628. The monoisotopic (exact) mass is 162 g/mol. The third-order valence-corrected chi connectivity index (χ3v) is 1.84. The smallest absolute Gasteiger partial charge is 0.287 e. The van der Waals surface area contributed by atoms with Gasteiger partial charge in [0.05, 0.1) is 5.69 Å². The highest BCUT2D eigenvalue weighted by molar-refractivity contribution is 5.77. The lowest BCUT2D eigenvalue weighted by atomic mass is 10.1. The largest absolute Gasteiger partial charge is 0.460 e. The van der Waals surface area contributed by atoms with Gasteiger partial charge >= 0.3 is 0 Å². The van der Waals surface area contributed by atoms with E-state index in [-0.39, 0.29) is 6.02 Å². The van der Waals surface area contributed by atoms with Crippen molar-refractivity contribution in [3.05, 3.63) is 29.3 Å². The van der Waals surface area contributed by atoms with Gasteiger partial charge in [-0.3, -0.25) is 0 Å². The van der Waals surface area contributed by atoms with Gasteiger partial charge in [-0.05, 0) is 13.0 Å². The van der Waals surface area contributed by atoms with E-state index in [0.717, 1.165) is 11.3 Å². The maximum atomic E-state index is 5.42. The SMILES string of the molecule is Cc1ccc2c(c1)COC(N)=N2. The van der Waals surface area contributed by atoms with Gasteiger partial charge in [-0.15, -0.1) is 0 Å².